The Labute approximate surface area is 167 Å². The first-order valence-corrected chi connectivity index (χ1v) is 10.5. The molecule has 2 fully saturated rings. The van der Waals surface area contributed by atoms with Gasteiger partial charge in [-0.25, -0.2) is 9.78 Å². The van der Waals surface area contributed by atoms with E-state index in [1.807, 2.05) is 23.8 Å². The van der Waals surface area contributed by atoms with Crippen molar-refractivity contribution < 1.29 is 14.4 Å². The average Bonchev–Trinajstić information content (AvgIpc) is 3.33. The van der Waals surface area contributed by atoms with Crippen LogP contribution in [0.15, 0.2) is 17.6 Å². The van der Waals surface area contributed by atoms with Gasteiger partial charge in [-0.05, 0) is 51.5 Å². The number of aromatic nitrogens is 2. The van der Waals surface area contributed by atoms with Gasteiger partial charge in [0.25, 0.3) is 5.91 Å². The van der Waals surface area contributed by atoms with E-state index < -0.39 is 11.6 Å². The summed E-state index contributed by atoms with van der Waals surface area (Å²) in [4.78, 5) is 43.8. The van der Waals surface area contributed by atoms with Crippen LogP contribution in [0.3, 0.4) is 0 Å². The minimum atomic E-state index is -0.818. The van der Waals surface area contributed by atoms with E-state index in [0.29, 0.717) is 24.3 Å². The molecular weight excluding hydrogens is 376 g/mol. The van der Waals surface area contributed by atoms with E-state index in [2.05, 4.69) is 17.2 Å². The maximum Gasteiger partial charge on any atom is 0.325 e. The van der Waals surface area contributed by atoms with Crippen LogP contribution in [-0.4, -0.2) is 44.3 Å². The number of thiazole rings is 1. The van der Waals surface area contributed by atoms with Crippen LogP contribution in [0, 0.1) is 19.8 Å². The Morgan fingerprint density at radius 1 is 1.32 bits per heavy atom. The Morgan fingerprint density at radius 3 is 2.68 bits per heavy atom. The summed E-state index contributed by atoms with van der Waals surface area (Å²) in [7, 11) is 0. The fourth-order valence-corrected chi connectivity index (χ4v) is 5.06. The van der Waals surface area contributed by atoms with Crippen molar-refractivity contribution in [2.45, 2.75) is 52.0 Å². The fraction of sp³-hybridized carbons (Fsp3) is 0.500. The van der Waals surface area contributed by atoms with E-state index in [9.17, 15) is 14.4 Å². The van der Waals surface area contributed by atoms with Crippen molar-refractivity contribution in [3.63, 3.8) is 0 Å². The van der Waals surface area contributed by atoms with Gasteiger partial charge in [0.2, 0.25) is 0 Å². The molecular formula is C20H24N4O3S. The normalized spacial score (nSPS) is 24.8. The maximum atomic E-state index is 13.0. The van der Waals surface area contributed by atoms with Gasteiger partial charge in [-0.15, -0.1) is 11.3 Å². The molecule has 0 radical (unpaired) electrons. The number of amides is 3. The number of aryl methyl sites for hydroxylation is 1. The van der Waals surface area contributed by atoms with Crippen LogP contribution in [0.2, 0.25) is 0 Å². The van der Waals surface area contributed by atoms with Crippen molar-refractivity contribution in [2.75, 3.05) is 6.54 Å². The molecule has 28 heavy (non-hydrogen) atoms. The summed E-state index contributed by atoms with van der Waals surface area (Å²) in [5.41, 5.74) is 1.37. The monoisotopic (exact) mass is 400 g/mol. The Morgan fingerprint density at radius 2 is 2.04 bits per heavy atom. The first-order chi connectivity index (χ1) is 13.3. The van der Waals surface area contributed by atoms with E-state index in [1.165, 1.54) is 11.3 Å². The largest absolute Gasteiger partial charge is 0.325 e. The van der Waals surface area contributed by atoms with Crippen molar-refractivity contribution in [2.24, 2.45) is 5.92 Å². The topological polar surface area (TPSA) is 84.3 Å². The van der Waals surface area contributed by atoms with Gasteiger partial charge in [0.1, 0.15) is 5.54 Å². The molecule has 4 rings (SSSR count). The number of carbonyl (C=O) groups excluding carboxylic acids is 3. The lowest BCUT2D eigenvalue weighted by Gasteiger charge is -2.33. The van der Waals surface area contributed by atoms with Crippen molar-refractivity contribution in [3.8, 4) is 5.13 Å². The third kappa shape index (κ3) is 2.96. The molecule has 0 bridgehead atoms. The van der Waals surface area contributed by atoms with Crippen LogP contribution < -0.4 is 5.32 Å². The molecule has 3 heterocycles. The number of ketones is 1. The van der Waals surface area contributed by atoms with Gasteiger partial charge in [-0.2, -0.15) is 0 Å². The molecule has 2 aromatic heterocycles. The predicted octanol–water partition coefficient (Wildman–Crippen LogP) is 3.23. The fourth-order valence-electron chi connectivity index (χ4n) is 4.31. The van der Waals surface area contributed by atoms with Gasteiger partial charge in [0.15, 0.2) is 10.9 Å². The molecule has 8 heteroatoms. The lowest BCUT2D eigenvalue weighted by Crippen LogP contribution is -2.49. The van der Waals surface area contributed by atoms with Crippen molar-refractivity contribution >= 4 is 29.1 Å². The minimum absolute atomic E-state index is 0.232. The third-order valence-electron chi connectivity index (χ3n) is 6.02. The molecule has 1 aliphatic carbocycles. The van der Waals surface area contributed by atoms with Crippen LogP contribution >= 0.6 is 11.3 Å². The molecule has 0 aromatic carbocycles. The van der Waals surface area contributed by atoms with Crippen LogP contribution in [0.5, 0.6) is 0 Å². The highest BCUT2D eigenvalue weighted by Crippen LogP contribution is 2.36. The smallest absolute Gasteiger partial charge is 0.323 e. The third-order valence-corrected chi connectivity index (χ3v) is 6.77. The van der Waals surface area contributed by atoms with Crippen LogP contribution in [0.1, 0.15) is 54.4 Å². The van der Waals surface area contributed by atoms with Gasteiger partial charge < -0.3 is 5.32 Å². The molecule has 7 nitrogen and oxygen atoms in total. The van der Waals surface area contributed by atoms with Gasteiger partial charge in [-0.1, -0.05) is 6.92 Å². The van der Waals surface area contributed by atoms with Crippen molar-refractivity contribution in [1.29, 1.82) is 0 Å². The number of urea groups is 1. The summed E-state index contributed by atoms with van der Waals surface area (Å²) in [6, 6.07) is 1.34. The second kappa shape index (κ2) is 6.84. The van der Waals surface area contributed by atoms with Crippen molar-refractivity contribution in [3.05, 3.63) is 34.6 Å². The number of imide groups is 1. The minimum Gasteiger partial charge on any atom is -0.323 e. The molecule has 1 saturated carbocycles. The summed E-state index contributed by atoms with van der Waals surface area (Å²) >= 11 is 1.49. The molecule has 1 aliphatic heterocycles. The lowest BCUT2D eigenvalue weighted by molar-refractivity contribution is -0.132. The van der Waals surface area contributed by atoms with Gasteiger partial charge in [-0.3, -0.25) is 19.1 Å². The maximum absolute atomic E-state index is 13.0. The van der Waals surface area contributed by atoms with E-state index >= 15 is 0 Å². The van der Waals surface area contributed by atoms with E-state index in [0.717, 1.165) is 34.3 Å². The van der Waals surface area contributed by atoms with Gasteiger partial charge in [0, 0.05) is 28.5 Å². The Hall–Kier alpha value is -2.48. The van der Waals surface area contributed by atoms with Crippen molar-refractivity contribution in [1.82, 2.24) is 19.8 Å². The average molecular weight is 401 g/mol. The summed E-state index contributed by atoms with van der Waals surface area (Å²) in [5.74, 6) is 0.0642. The standard InChI is InChI=1S/C20H24N4O3S/c1-12-4-6-20(7-5-12)17(26)23(18(27)22-20)11-16(25)15-10-13(2)24(14(15)3)19-21-8-9-28-19/h8-10,12H,4-7,11H2,1-3H3,(H,22,27). The van der Waals surface area contributed by atoms with Crippen LogP contribution in [-0.2, 0) is 4.79 Å². The molecule has 2 aliphatic rings. The SMILES string of the molecule is Cc1cc(C(=O)CN2C(=O)NC3(CCC(C)CC3)C2=O)c(C)n1-c1nccs1. The number of carbonyl (C=O) groups is 3. The van der Waals surface area contributed by atoms with Gasteiger partial charge >= 0.3 is 6.03 Å². The first kappa shape index (κ1) is 18.9. The number of nitrogens with zero attached hydrogens (tertiary/aromatic N) is 3. The number of hydrogen-bond donors (Lipinski definition) is 1. The zero-order chi connectivity index (χ0) is 20.1. The predicted molar refractivity (Wildman–Crippen MR) is 106 cm³/mol. The highest BCUT2D eigenvalue weighted by molar-refractivity contribution is 7.12. The number of rotatable bonds is 4. The Bertz CT molecular complexity index is 939. The molecule has 0 atom stereocenters. The Balaban J connectivity index is 1.55. The van der Waals surface area contributed by atoms with E-state index in [-0.39, 0.29) is 18.2 Å². The highest BCUT2D eigenvalue weighted by Gasteiger charge is 2.52. The van der Waals surface area contributed by atoms with Crippen LogP contribution in [0.25, 0.3) is 5.13 Å². The van der Waals surface area contributed by atoms with E-state index in [1.54, 1.807) is 12.3 Å². The summed E-state index contributed by atoms with van der Waals surface area (Å²) in [5, 5.41) is 5.55. The second-order valence-corrected chi connectivity index (χ2v) is 8.82. The summed E-state index contributed by atoms with van der Waals surface area (Å²) in [6.07, 6.45) is 4.81. The molecule has 1 N–H and O–H groups in total. The highest BCUT2D eigenvalue weighted by atomic mass is 32.1. The second-order valence-electron chi connectivity index (χ2n) is 7.94. The number of hydrogen-bond acceptors (Lipinski definition) is 5. The Kier molecular flexibility index (Phi) is 4.61. The molecule has 1 saturated heterocycles. The first-order valence-electron chi connectivity index (χ1n) is 9.58. The van der Waals surface area contributed by atoms with Gasteiger partial charge in [0.05, 0.1) is 6.54 Å². The number of nitrogens with one attached hydrogen (secondary N) is 1. The zero-order valence-electron chi connectivity index (χ0n) is 16.3. The zero-order valence-corrected chi connectivity index (χ0v) is 17.1. The molecule has 1 spiro atoms. The summed E-state index contributed by atoms with van der Waals surface area (Å²) in [6.45, 7) is 5.70. The molecule has 148 valence electrons. The molecule has 2 aromatic rings. The van der Waals surface area contributed by atoms with Crippen LogP contribution in [0.4, 0.5) is 4.79 Å². The van der Waals surface area contributed by atoms with E-state index in [4.69, 9.17) is 0 Å². The number of Topliss-reactive ketones (excluding diaryl/α,β-unsaturated/α-hetero) is 1. The summed E-state index contributed by atoms with van der Waals surface area (Å²) < 4.78 is 1.92. The quantitative estimate of drug-likeness (QED) is 0.631. The molecule has 0 unspecified atom stereocenters. The lowest BCUT2D eigenvalue weighted by atomic mass is 9.77. The molecule has 3 amide bonds.